The quantitative estimate of drug-likeness (QED) is 0.743. The Morgan fingerprint density at radius 3 is 2.92 bits per heavy atom. The minimum Gasteiger partial charge on any atom is -0.350 e. The molecular weight excluding hydrogens is 318 g/mol. The third kappa shape index (κ3) is 4.39. The van der Waals surface area contributed by atoms with Gasteiger partial charge in [-0.25, -0.2) is 0 Å². The van der Waals surface area contributed by atoms with Crippen LogP contribution >= 0.6 is 0 Å². The maximum Gasteiger partial charge on any atom is 0.225 e. The molecule has 1 atom stereocenters. The fourth-order valence-electron chi connectivity index (χ4n) is 3.67. The van der Waals surface area contributed by atoms with Crippen LogP contribution in [0, 0.1) is 5.92 Å². The van der Waals surface area contributed by atoms with E-state index in [1.807, 2.05) is 19.0 Å². The molecule has 7 nitrogen and oxygen atoms in total. The number of hydrogen-bond donors (Lipinski definition) is 2. The van der Waals surface area contributed by atoms with Gasteiger partial charge in [0.25, 0.3) is 0 Å². The van der Waals surface area contributed by atoms with Crippen LogP contribution in [0.15, 0.2) is 0 Å². The molecule has 138 valence electrons. The van der Waals surface area contributed by atoms with Crippen LogP contribution in [0.3, 0.4) is 0 Å². The number of carbonyl (C=O) groups is 2. The molecule has 7 heteroatoms. The molecule has 1 unspecified atom stereocenters. The van der Waals surface area contributed by atoms with Crippen molar-refractivity contribution in [3.63, 3.8) is 0 Å². The zero-order chi connectivity index (χ0) is 17.8. The average molecular weight is 347 g/mol. The summed E-state index contributed by atoms with van der Waals surface area (Å²) in [6.45, 7) is 2.48. The molecule has 0 aromatic carbocycles. The number of carbonyl (C=O) groups excluding carboxylic acids is 2. The van der Waals surface area contributed by atoms with Gasteiger partial charge in [0.1, 0.15) is 0 Å². The zero-order valence-corrected chi connectivity index (χ0v) is 15.3. The Morgan fingerprint density at radius 1 is 1.32 bits per heavy atom. The molecule has 1 fully saturated rings. The normalized spacial score (nSPS) is 20.7. The average Bonchev–Trinajstić information content (AvgIpc) is 3.06. The largest absolute Gasteiger partial charge is 0.350 e. The number of likely N-dealkylation sites (N-methyl/N-ethyl adjacent to an activating group) is 1. The number of nitrogens with one attached hydrogen (secondary N) is 2. The molecule has 1 aliphatic carbocycles. The molecule has 25 heavy (non-hydrogen) atoms. The van der Waals surface area contributed by atoms with Crippen LogP contribution in [-0.4, -0.2) is 65.5 Å². The summed E-state index contributed by atoms with van der Waals surface area (Å²) >= 11 is 0. The molecule has 0 spiro atoms. The number of likely N-dealkylation sites (tertiary alicyclic amines) is 1. The molecule has 0 radical (unpaired) electrons. The molecule has 1 aromatic rings. The van der Waals surface area contributed by atoms with Crippen molar-refractivity contribution in [2.75, 3.05) is 33.7 Å². The van der Waals surface area contributed by atoms with Crippen molar-refractivity contribution in [2.24, 2.45) is 5.92 Å². The lowest BCUT2D eigenvalue weighted by Gasteiger charge is -2.19. The number of nitrogens with zero attached hydrogens (tertiary/aromatic N) is 3. The summed E-state index contributed by atoms with van der Waals surface area (Å²) in [4.78, 5) is 28.4. The van der Waals surface area contributed by atoms with Crippen LogP contribution < -0.4 is 5.32 Å². The van der Waals surface area contributed by atoms with Crippen molar-refractivity contribution in [1.82, 2.24) is 25.3 Å². The fraction of sp³-hybridized carbons (Fsp3) is 0.722. The van der Waals surface area contributed by atoms with Crippen LogP contribution in [-0.2, 0) is 29.0 Å². The molecule has 1 saturated heterocycles. The Kier molecular flexibility index (Phi) is 5.73. The van der Waals surface area contributed by atoms with Crippen molar-refractivity contribution < 1.29 is 9.59 Å². The summed E-state index contributed by atoms with van der Waals surface area (Å²) in [7, 11) is 3.97. The van der Waals surface area contributed by atoms with E-state index in [0.29, 0.717) is 26.1 Å². The Hall–Kier alpha value is -1.89. The van der Waals surface area contributed by atoms with Crippen molar-refractivity contribution in [3.05, 3.63) is 17.0 Å². The molecule has 0 bridgehead atoms. The van der Waals surface area contributed by atoms with Gasteiger partial charge < -0.3 is 15.1 Å². The van der Waals surface area contributed by atoms with E-state index in [-0.39, 0.29) is 17.7 Å². The molecule has 2 N–H and O–H groups in total. The number of H-pyrrole nitrogens is 1. The highest BCUT2D eigenvalue weighted by Gasteiger charge is 2.34. The number of aromatic amines is 1. The molecule has 1 aliphatic heterocycles. The van der Waals surface area contributed by atoms with E-state index < -0.39 is 0 Å². The van der Waals surface area contributed by atoms with Gasteiger partial charge in [0.05, 0.1) is 18.2 Å². The third-order valence-corrected chi connectivity index (χ3v) is 5.22. The van der Waals surface area contributed by atoms with E-state index in [0.717, 1.165) is 25.1 Å². The molecular formula is C18H29N5O2. The lowest BCUT2D eigenvalue weighted by molar-refractivity contribution is -0.129. The maximum absolute atomic E-state index is 12.5. The van der Waals surface area contributed by atoms with Crippen LogP contribution in [0.1, 0.15) is 42.6 Å². The first-order valence-corrected chi connectivity index (χ1v) is 9.30. The van der Waals surface area contributed by atoms with Gasteiger partial charge in [-0.05, 0) is 45.3 Å². The first-order chi connectivity index (χ1) is 12.0. The van der Waals surface area contributed by atoms with E-state index in [2.05, 4.69) is 15.5 Å². The van der Waals surface area contributed by atoms with Gasteiger partial charge in [0.15, 0.2) is 0 Å². The predicted molar refractivity (Wildman–Crippen MR) is 94.9 cm³/mol. The molecule has 2 heterocycles. The van der Waals surface area contributed by atoms with Crippen LogP contribution in [0.2, 0.25) is 0 Å². The van der Waals surface area contributed by atoms with Gasteiger partial charge in [0.2, 0.25) is 11.8 Å². The van der Waals surface area contributed by atoms with Crippen LogP contribution in [0.4, 0.5) is 0 Å². The lowest BCUT2D eigenvalue weighted by Crippen LogP contribution is -2.35. The predicted octanol–water partition coefficient (Wildman–Crippen LogP) is 0.705. The van der Waals surface area contributed by atoms with Gasteiger partial charge in [-0.3, -0.25) is 14.7 Å². The standard InChI is InChI=1S/C18H29N5O2/c1-22(2)8-9-23-12-13(10-17(23)24)18(25)19-11-16-14-6-4-3-5-7-15(14)20-21-16/h13H,3-12H2,1-2H3,(H,19,25)(H,20,21). The second kappa shape index (κ2) is 7.99. The molecule has 0 saturated carbocycles. The van der Waals surface area contributed by atoms with Gasteiger partial charge in [-0.15, -0.1) is 0 Å². The van der Waals surface area contributed by atoms with Crippen LogP contribution in [0.5, 0.6) is 0 Å². The summed E-state index contributed by atoms with van der Waals surface area (Å²) in [5.41, 5.74) is 3.47. The minimum absolute atomic E-state index is 0.0360. The van der Waals surface area contributed by atoms with Crippen molar-refractivity contribution >= 4 is 11.8 Å². The Bertz CT molecular complexity index is 625. The SMILES string of the molecule is CN(C)CCN1CC(C(=O)NCc2n[nH]c3c2CCCCC3)CC1=O. The highest BCUT2D eigenvalue weighted by atomic mass is 16.2. The summed E-state index contributed by atoms with van der Waals surface area (Å²) in [5.74, 6) is -0.200. The van der Waals surface area contributed by atoms with Crippen LogP contribution in [0.25, 0.3) is 0 Å². The van der Waals surface area contributed by atoms with Gasteiger partial charge in [-0.2, -0.15) is 5.10 Å². The van der Waals surface area contributed by atoms with Gasteiger partial charge in [-0.1, -0.05) is 6.42 Å². The topological polar surface area (TPSA) is 81.3 Å². The van der Waals surface area contributed by atoms with Crippen molar-refractivity contribution in [3.8, 4) is 0 Å². The number of amides is 2. The first kappa shape index (κ1) is 17.9. The number of aryl methyl sites for hydroxylation is 1. The summed E-state index contributed by atoms with van der Waals surface area (Å²) in [5, 5.41) is 10.5. The summed E-state index contributed by atoms with van der Waals surface area (Å²) in [6.07, 6.45) is 6.05. The van der Waals surface area contributed by atoms with Gasteiger partial charge >= 0.3 is 0 Å². The Labute approximate surface area is 149 Å². The minimum atomic E-state index is -0.243. The molecule has 2 amide bonds. The van der Waals surface area contributed by atoms with Gasteiger partial charge in [0, 0.05) is 31.7 Å². The third-order valence-electron chi connectivity index (χ3n) is 5.22. The summed E-state index contributed by atoms with van der Waals surface area (Å²) in [6, 6.07) is 0. The second-order valence-electron chi connectivity index (χ2n) is 7.45. The fourth-order valence-corrected chi connectivity index (χ4v) is 3.67. The van der Waals surface area contributed by atoms with E-state index in [9.17, 15) is 9.59 Å². The van der Waals surface area contributed by atoms with Crippen molar-refractivity contribution in [2.45, 2.75) is 45.1 Å². The van der Waals surface area contributed by atoms with Crippen molar-refractivity contribution in [1.29, 1.82) is 0 Å². The maximum atomic E-state index is 12.5. The highest BCUT2D eigenvalue weighted by Crippen LogP contribution is 2.22. The first-order valence-electron chi connectivity index (χ1n) is 9.30. The number of aromatic nitrogens is 2. The zero-order valence-electron chi connectivity index (χ0n) is 15.3. The number of rotatable bonds is 6. The lowest BCUT2D eigenvalue weighted by atomic mass is 10.1. The number of hydrogen-bond acceptors (Lipinski definition) is 4. The Morgan fingerprint density at radius 2 is 2.12 bits per heavy atom. The summed E-state index contributed by atoms with van der Waals surface area (Å²) < 4.78 is 0. The van der Waals surface area contributed by atoms with E-state index in [4.69, 9.17) is 0 Å². The molecule has 2 aliphatic rings. The van der Waals surface area contributed by atoms with E-state index in [1.54, 1.807) is 4.90 Å². The molecule has 1 aromatic heterocycles. The monoisotopic (exact) mass is 347 g/mol. The number of fused-ring (bicyclic) bond motifs is 1. The van der Waals surface area contributed by atoms with E-state index >= 15 is 0 Å². The smallest absolute Gasteiger partial charge is 0.225 e. The van der Waals surface area contributed by atoms with E-state index in [1.165, 1.54) is 30.5 Å². The second-order valence-corrected chi connectivity index (χ2v) is 7.45. The highest BCUT2D eigenvalue weighted by molar-refractivity contribution is 5.89. The molecule has 3 rings (SSSR count). The Balaban J connectivity index is 1.52.